The summed E-state index contributed by atoms with van der Waals surface area (Å²) in [6, 6.07) is 8.73. The monoisotopic (exact) mass is 212 g/mol. The van der Waals surface area contributed by atoms with Crippen LogP contribution in [0.4, 0.5) is 0 Å². The lowest BCUT2D eigenvalue weighted by Gasteiger charge is -2.17. The molecule has 3 rings (SSSR count). The molecular formula is C14H16N2. The van der Waals surface area contributed by atoms with Crippen molar-refractivity contribution >= 4 is 11.4 Å². The highest BCUT2D eigenvalue weighted by Gasteiger charge is 2.14. The van der Waals surface area contributed by atoms with E-state index in [4.69, 9.17) is 0 Å². The SMILES string of the molecule is C1=C(CC2=NCCN2)c2ccccc2CC1. The summed E-state index contributed by atoms with van der Waals surface area (Å²) < 4.78 is 0. The maximum atomic E-state index is 4.47. The highest BCUT2D eigenvalue weighted by molar-refractivity contribution is 5.94. The van der Waals surface area contributed by atoms with Gasteiger partial charge in [0.05, 0.1) is 6.54 Å². The van der Waals surface area contributed by atoms with Crippen LogP contribution in [0.3, 0.4) is 0 Å². The van der Waals surface area contributed by atoms with Crippen molar-refractivity contribution in [3.05, 3.63) is 41.5 Å². The first-order valence-corrected chi connectivity index (χ1v) is 5.98. The summed E-state index contributed by atoms with van der Waals surface area (Å²) in [5.74, 6) is 1.16. The van der Waals surface area contributed by atoms with Gasteiger partial charge in [-0.1, -0.05) is 30.3 Å². The second kappa shape index (κ2) is 4.12. The summed E-state index contributed by atoms with van der Waals surface area (Å²) in [7, 11) is 0. The van der Waals surface area contributed by atoms with E-state index in [1.807, 2.05) is 0 Å². The average molecular weight is 212 g/mol. The first-order chi connectivity index (χ1) is 7.93. The van der Waals surface area contributed by atoms with Gasteiger partial charge in [-0.25, -0.2) is 0 Å². The van der Waals surface area contributed by atoms with Gasteiger partial charge < -0.3 is 5.32 Å². The number of aliphatic imine (C=N–C) groups is 1. The molecule has 0 aromatic heterocycles. The van der Waals surface area contributed by atoms with Crippen LogP contribution < -0.4 is 5.32 Å². The van der Waals surface area contributed by atoms with Crippen molar-refractivity contribution in [3.63, 3.8) is 0 Å². The molecule has 82 valence electrons. The van der Waals surface area contributed by atoms with Crippen molar-refractivity contribution in [2.24, 2.45) is 4.99 Å². The Balaban J connectivity index is 1.87. The van der Waals surface area contributed by atoms with Gasteiger partial charge in [-0.3, -0.25) is 4.99 Å². The average Bonchev–Trinajstić information content (AvgIpc) is 2.82. The van der Waals surface area contributed by atoms with E-state index in [1.54, 1.807) is 0 Å². The molecule has 0 radical (unpaired) electrons. The van der Waals surface area contributed by atoms with E-state index < -0.39 is 0 Å². The summed E-state index contributed by atoms with van der Waals surface area (Å²) in [4.78, 5) is 4.47. The number of allylic oxidation sites excluding steroid dienone is 1. The van der Waals surface area contributed by atoms with E-state index in [-0.39, 0.29) is 0 Å². The maximum absolute atomic E-state index is 4.47. The number of benzene rings is 1. The molecule has 0 saturated carbocycles. The Hall–Kier alpha value is -1.57. The Morgan fingerprint density at radius 3 is 3.06 bits per heavy atom. The molecule has 0 saturated heterocycles. The predicted octanol–water partition coefficient (Wildman–Crippen LogP) is 2.41. The molecule has 0 fully saturated rings. The van der Waals surface area contributed by atoms with Crippen molar-refractivity contribution in [1.29, 1.82) is 0 Å². The minimum absolute atomic E-state index is 0.935. The Labute approximate surface area is 96.1 Å². The highest BCUT2D eigenvalue weighted by atomic mass is 15.1. The summed E-state index contributed by atoms with van der Waals surface area (Å²) in [5.41, 5.74) is 4.35. The fourth-order valence-corrected chi connectivity index (χ4v) is 2.48. The summed E-state index contributed by atoms with van der Waals surface area (Å²) in [5, 5.41) is 3.34. The highest BCUT2D eigenvalue weighted by Crippen LogP contribution is 2.28. The van der Waals surface area contributed by atoms with Gasteiger partial charge >= 0.3 is 0 Å². The summed E-state index contributed by atoms with van der Waals surface area (Å²) in [6.07, 6.45) is 5.68. The van der Waals surface area contributed by atoms with Gasteiger partial charge in [-0.15, -0.1) is 0 Å². The molecule has 2 heteroatoms. The molecule has 1 aliphatic heterocycles. The van der Waals surface area contributed by atoms with Gasteiger partial charge in [-0.2, -0.15) is 0 Å². The molecule has 1 N–H and O–H groups in total. The predicted molar refractivity (Wildman–Crippen MR) is 67.7 cm³/mol. The van der Waals surface area contributed by atoms with Gasteiger partial charge in [0.1, 0.15) is 5.84 Å². The number of rotatable bonds is 2. The third-order valence-corrected chi connectivity index (χ3v) is 3.27. The minimum Gasteiger partial charge on any atom is -0.372 e. The molecule has 16 heavy (non-hydrogen) atoms. The van der Waals surface area contributed by atoms with Gasteiger partial charge in [-0.05, 0) is 29.5 Å². The maximum Gasteiger partial charge on any atom is 0.101 e. The molecule has 2 aliphatic rings. The van der Waals surface area contributed by atoms with Gasteiger partial charge in [0.2, 0.25) is 0 Å². The number of hydrogen-bond acceptors (Lipinski definition) is 2. The van der Waals surface area contributed by atoms with E-state index >= 15 is 0 Å². The van der Waals surface area contributed by atoms with Crippen molar-refractivity contribution in [2.45, 2.75) is 19.3 Å². The molecule has 1 aromatic carbocycles. The third-order valence-electron chi connectivity index (χ3n) is 3.27. The van der Waals surface area contributed by atoms with E-state index in [2.05, 4.69) is 40.7 Å². The van der Waals surface area contributed by atoms with Crippen molar-refractivity contribution in [2.75, 3.05) is 13.1 Å². The number of nitrogens with zero attached hydrogens (tertiary/aromatic N) is 1. The third kappa shape index (κ3) is 1.75. The second-order valence-corrected chi connectivity index (χ2v) is 4.36. The zero-order valence-corrected chi connectivity index (χ0v) is 9.37. The first-order valence-electron chi connectivity index (χ1n) is 5.98. The smallest absolute Gasteiger partial charge is 0.101 e. The molecule has 0 spiro atoms. The van der Waals surface area contributed by atoms with Crippen LogP contribution in [0.1, 0.15) is 24.0 Å². The Bertz CT molecular complexity index is 458. The van der Waals surface area contributed by atoms with Gasteiger partial charge in [0, 0.05) is 13.0 Å². The van der Waals surface area contributed by atoms with E-state index in [1.165, 1.54) is 29.5 Å². The van der Waals surface area contributed by atoms with Crippen LogP contribution in [-0.4, -0.2) is 18.9 Å². The van der Waals surface area contributed by atoms with E-state index in [9.17, 15) is 0 Å². The molecule has 1 aromatic rings. The molecule has 0 amide bonds. The van der Waals surface area contributed by atoms with Crippen LogP contribution in [0.5, 0.6) is 0 Å². The molecule has 0 bridgehead atoms. The Morgan fingerprint density at radius 1 is 1.25 bits per heavy atom. The largest absolute Gasteiger partial charge is 0.372 e. The number of aryl methyl sites for hydroxylation is 1. The lowest BCUT2D eigenvalue weighted by Crippen LogP contribution is -2.19. The zero-order valence-electron chi connectivity index (χ0n) is 9.37. The molecule has 1 heterocycles. The Morgan fingerprint density at radius 2 is 2.19 bits per heavy atom. The van der Waals surface area contributed by atoms with Crippen LogP contribution in [0.25, 0.3) is 5.57 Å². The van der Waals surface area contributed by atoms with Crippen molar-refractivity contribution < 1.29 is 0 Å². The number of hydrogen-bond donors (Lipinski definition) is 1. The Kier molecular flexibility index (Phi) is 2.49. The fourth-order valence-electron chi connectivity index (χ4n) is 2.48. The molecular weight excluding hydrogens is 196 g/mol. The van der Waals surface area contributed by atoms with Crippen LogP contribution in [0.2, 0.25) is 0 Å². The van der Waals surface area contributed by atoms with Gasteiger partial charge in [0.15, 0.2) is 0 Å². The normalized spacial score (nSPS) is 18.5. The van der Waals surface area contributed by atoms with Crippen LogP contribution in [0.15, 0.2) is 35.3 Å². The van der Waals surface area contributed by atoms with E-state index in [0.717, 1.165) is 25.3 Å². The number of nitrogens with one attached hydrogen (secondary N) is 1. The molecule has 2 nitrogen and oxygen atoms in total. The standard InChI is InChI=1S/C14H16N2/c1-2-7-13-11(4-1)5-3-6-12(13)10-14-15-8-9-16-14/h1-2,4,6-7H,3,5,8-10H2,(H,15,16). The molecule has 0 atom stereocenters. The summed E-state index contributed by atoms with van der Waals surface area (Å²) in [6.45, 7) is 1.94. The number of amidine groups is 1. The fraction of sp³-hybridized carbons (Fsp3) is 0.357. The van der Waals surface area contributed by atoms with Crippen LogP contribution in [0, 0.1) is 0 Å². The minimum atomic E-state index is 0.935. The van der Waals surface area contributed by atoms with E-state index in [0.29, 0.717) is 0 Å². The van der Waals surface area contributed by atoms with Crippen LogP contribution >= 0.6 is 0 Å². The van der Waals surface area contributed by atoms with Crippen molar-refractivity contribution in [1.82, 2.24) is 5.32 Å². The molecule has 1 aliphatic carbocycles. The van der Waals surface area contributed by atoms with Gasteiger partial charge in [0.25, 0.3) is 0 Å². The van der Waals surface area contributed by atoms with Crippen LogP contribution in [-0.2, 0) is 6.42 Å². The quantitative estimate of drug-likeness (QED) is 0.800. The molecule has 0 unspecified atom stereocenters. The summed E-state index contributed by atoms with van der Waals surface area (Å²) >= 11 is 0. The lowest BCUT2D eigenvalue weighted by atomic mass is 9.89. The topological polar surface area (TPSA) is 24.4 Å². The zero-order chi connectivity index (χ0) is 10.8. The van der Waals surface area contributed by atoms with Crippen molar-refractivity contribution in [3.8, 4) is 0 Å². The number of fused-ring (bicyclic) bond motifs is 1. The second-order valence-electron chi connectivity index (χ2n) is 4.36. The first kappa shape index (κ1) is 9.64. The lowest BCUT2D eigenvalue weighted by molar-refractivity contribution is 0.950.